The van der Waals surface area contributed by atoms with Crippen molar-refractivity contribution in [2.24, 2.45) is 0 Å². The molecule has 3 rings (SSSR count). The summed E-state index contributed by atoms with van der Waals surface area (Å²) in [6.45, 7) is 0. The zero-order valence-electron chi connectivity index (χ0n) is 12.9. The van der Waals surface area contributed by atoms with Gasteiger partial charge >= 0.3 is 0 Å². The summed E-state index contributed by atoms with van der Waals surface area (Å²) in [7, 11) is -0.602. The number of thiophene rings is 1. The smallest absolute Gasteiger partial charge is 0.259 e. The molecule has 2 heterocycles. The molecule has 0 spiro atoms. The minimum Gasteiger partial charge on any atom is -0.298 e. The molecule has 0 aliphatic carbocycles. The summed E-state index contributed by atoms with van der Waals surface area (Å²) in [6, 6.07) is 6.11. The highest BCUT2D eigenvalue weighted by atomic mass is 35.5. The Balaban J connectivity index is 1.91. The van der Waals surface area contributed by atoms with Gasteiger partial charge in [-0.2, -0.15) is 0 Å². The van der Waals surface area contributed by atoms with Gasteiger partial charge in [-0.25, -0.2) is 17.7 Å². The lowest BCUT2D eigenvalue weighted by atomic mass is 10.3. The maximum atomic E-state index is 12.3. The highest BCUT2D eigenvalue weighted by Gasteiger charge is 2.19. The van der Waals surface area contributed by atoms with E-state index in [-0.39, 0.29) is 10.5 Å². The van der Waals surface area contributed by atoms with Gasteiger partial charge in [-0.3, -0.25) is 10.1 Å². The first-order chi connectivity index (χ1) is 11.7. The maximum Gasteiger partial charge on any atom is 0.259 e. The van der Waals surface area contributed by atoms with Gasteiger partial charge in [0.05, 0.1) is 25.0 Å². The topological polar surface area (TPSA) is 79.4 Å². The summed E-state index contributed by atoms with van der Waals surface area (Å²) in [5, 5.41) is 3.00. The Morgan fingerprint density at radius 3 is 2.52 bits per heavy atom. The van der Waals surface area contributed by atoms with Crippen LogP contribution in [-0.4, -0.2) is 37.7 Å². The molecule has 0 saturated heterocycles. The number of halogens is 2. The van der Waals surface area contributed by atoms with Gasteiger partial charge in [0.2, 0.25) is 10.0 Å². The third-order valence-corrected chi connectivity index (χ3v) is 7.49. The van der Waals surface area contributed by atoms with E-state index >= 15 is 0 Å². The largest absolute Gasteiger partial charge is 0.298 e. The normalized spacial score (nSPS) is 12.0. The van der Waals surface area contributed by atoms with Crippen molar-refractivity contribution >= 4 is 77.2 Å². The SMILES string of the molecule is CN(C)S(=O)(=O)c1ccc2nc(NC(=O)c3cc(Cl)sc3Cl)sc2c1. The molecule has 2 aromatic heterocycles. The van der Waals surface area contributed by atoms with Crippen molar-refractivity contribution in [1.82, 2.24) is 9.29 Å². The molecule has 11 heteroatoms. The van der Waals surface area contributed by atoms with E-state index in [1.54, 1.807) is 6.07 Å². The highest BCUT2D eigenvalue weighted by Crippen LogP contribution is 2.33. The molecular formula is C14H11Cl2N3O3S3. The molecule has 1 N–H and O–H groups in total. The fourth-order valence-corrected chi connectivity index (χ4v) is 5.35. The van der Waals surface area contributed by atoms with Crippen molar-refractivity contribution in [2.45, 2.75) is 4.90 Å². The van der Waals surface area contributed by atoms with Crippen LogP contribution in [0.1, 0.15) is 10.4 Å². The van der Waals surface area contributed by atoms with E-state index in [4.69, 9.17) is 23.2 Å². The summed E-state index contributed by atoms with van der Waals surface area (Å²) in [4.78, 5) is 16.7. The number of aromatic nitrogens is 1. The van der Waals surface area contributed by atoms with Gasteiger partial charge in [-0.1, -0.05) is 34.5 Å². The Kier molecular flexibility index (Phi) is 5.06. The maximum absolute atomic E-state index is 12.3. The summed E-state index contributed by atoms with van der Waals surface area (Å²) in [5.41, 5.74) is 0.860. The predicted molar refractivity (Wildman–Crippen MR) is 103 cm³/mol. The second-order valence-electron chi connectivity index (χ2n) is 5.13. The molecule has 1 aromatic carbocycles. The van der Waals surface area contributed by atoms with Crippen molar-refractivity contribution in [3.63, 3.8) is 0 Å². The first kappa shape index (κ1) is 18.6. The van der Waals surface area contributed by atoms with E-state index in [0.717, 1.165) is 15.6 Å². The minimum absolute atomic E-state index is 0.166. The number of amides is 1. The Hall–Kier alpha value is -1.23. The molecule has 25 heavy (non-hydrogen) atoms. The monoisotopic (exact) mass is 435 g/mol. The molecule has 0 atom stereocenters. The Morgan fingerprint density at radius 1 is 1.20 bits per heavy atom. The fourth-order valence-electron chi connectivity index (χ4n) is 1.99. The van der Waals surface area contributed by atoms with Crippen LogP contribution in [0.2, 0.25) is 8.67 Å². The van der Waals surface area contributed by atoms with E-state index in [9.17, 15) is 13.2 Å². The fraction of sp³-hybridized carbons (Fsp3) is 0.143. The summed E-state index contributed by atoms with van der Waals surface area (Å²) in [6.07, 6.45) is 0. The number of thiazole rings is 1. The van der Waals surface area contributed by atoms with Crippen molar-refractivity contribution < 1.29 is 13.2 Å². The van der Waals surface area contributed by atoms with E-state index in [1.807, 2.05) is 0 Å². The lowest BCUT2D eigenvalue weighted by Gasteiger charge is -2.10. The number of nitrogens with zero attached hydrogens (tertiary/aromatic N) is 2. The number of rotatable bonds is 4. The third-order valence-electron chi connectivity index (χ3n) is 3.26. The van der Waals surface area contributed by atoms with Crippen LogP contribution in [0.15, 0.2) is 29.2 Å². The van der Waals surface area contributed by atoms with Crippen LogP contribution in [0.5, 0.6) is 0 Å². The molecule has 6 nitrogen and oxygen atoms in total. The predicted octanol–water partition coefficient (Wildman–Crippen LogP) is 4.17. The lowest BCUT2D eigenvalue weighted by Crippen LogP contribution is -2.22. The van der Waals surface area contributed by atoms with E-state index in [1.165, 1.54) is 43.6 Å². The zero-order valence-corrected chi connectivity index (χ0v) is 16.9. The average Bonchev–Trinajstić information content (AvgIpc) is 3.08. The van der Waals surface area contributed by atoms with Gasteiger partial charge in [-0.15, -0.1) is 11.3 Å². The Bertz CT molecular complexity index is 1070. The van der Waals surface area contributed by atoms with Crippen molar-refractivity contribution in [1.29, 1.82) is 0 Å². The van der Waals surface area contributed by atoms with Crippen molar-refractivity contribution in [2.75, 3.05) is 19.4 Å². The number of nitrogens with one attached hydrogen (secondary N) is 1. The van der Waals surface area contributed by atoms with Crippen LogP contribution in [0.4, 0.5) is 5.13 Å². The van der Waals surface area contributed by atoms with Crippen molar-refractivity contribution in [3.05, 3.63) is 38.5 Å². The van der Waals surface area contributed by atoms with Crippen LogP contribution in [0.25, 0.3) is 10.2 Å². The molecule has 0 saturated carbocycles. The number of benzene rings is 1. The van der Waals surface area contributed by atoms with Gasteiger partial charge in [0.25, 0.3) is 5.91 Å². The summed E-state index contributed by atoms with van der Waals surface area (Å²) in [5.74, 6) is -0.423. The number of anilines is 1. The van der Waals surface area contributed by atoms with Crippen molar-refractivity contribution in [3.8, 4) is 0 Å². The third kappa shape index (κ3) is 3.67. The van der Waals surface area contributed by atoms with Crippen LogP contribution >= 0.6 is 45.9 Å². The minimum atomic E-state index is -3.53. The Labute approximate surface area is 162 Å². The summed E-state index contributed by atoms with van der Waals surface area (Å²) < 4.78 is 26.9. The van der Waals surface area contributed by atoms with Gasteiger partial charge in [0.1, 0.15) is 4.34 Å². The first-order valence-corrected chi connectivity index (χ1v) is 10.6. The lowest BCUT2D eigenvalue weighted by molar-refractivity contribution is 0.102. The van der Waals surface area contributed by atoms with Gasteiger partial charge in [-0.05, 0) is 24.3 Å². The number of sulfonamides is 1. The molecule has 0 fully saturated rings. The molecular weight excluding hydrogens is 425 g/mol. The molecule has 0 bridgehead atoms. The molecule has 0 aliphatic rings. The van der Waals surface area contributed by atoms with Crippen LogP contribution in [-0.2, 0) is 10.0 Å². The van der Waals surface area contributed by atoms with E-state index in [0.29, 0.717) is 24.0 Å². The standard InChI is InChI=1S/C14H11Cl2N3O3S3/c1-19(2)25(21,22)7-3-4-9-10(5-7)23-14(17-9)18-13(20)8-6-11(15)24-12(8)16/h3-6H,1-2H3,(H,17,18,20). The van der Waals surface area contributed by atoms with Crippen LogP contribution in [0, 0.1) is 0 Å². The second-order valence-corrected chi connectivity index (χ2v) is 10.6. The molecule has 0 radical (unpaired) electrons. The highest BCUT2D eigenvalue weighted by molar-refractivity contribution is 7.89. The molecule has 0 aliphatic heterocycles. The number of hydrogen-bond acceptors (Lipinski definition) is 6. The zero-order chi connectivity index (χ0) is 18.4. The number of hydrogen-bond donors (Lipinski definition) is 1. The van der Waals surface area contributed by atoms with Crippen LogP contribution < -0.4 is 5.32 Å². The molecule has 132 valence electrons. The average molecular weight is 436 g/mol. The molecule has 0 unspecified atom stereocenters. The molecule has 3 aromatic rings. The van der Waals surface area contributed by atoms with Gasteiger partial charge in [0, 0.05) is 14.1 Å². The van der Waals surface area contributed by atoms with Crippen LogP contribution in [0.3, 0.4) is 0 Å². The second kappa shape index (κ2) is 6.82. The quantitative estimate of drug-likeness (QED) is 0.666. The van der Waals surface area contributed by atoms with Gasteiger partial charge in [0.15, 0.2) is 5.13 Å². The number of fused-ring (bicyclic) bond motifs is 1. The van der Waals surface area contributed by atoms with Gasteiger partial charge < -0.3 is 0 Å². The van der Waals surface area contributed by atoms with E-state index in [2.05, 4.69) is 10.3 Å². The summed E-state index contributed by atoms with van der Waals surface area (Å²) >= 11 is 14.1. The first-order valence-electron chi connectivity index (χ1n) is 6.78. The van der Waals surface area contributed by atoms with E-state index < -0.39 is 15.9 Å². The number of carbonyl (C=O) groups is 1. The number of carbonyl (C=O) groups excluding carboxylic acids is 1. The molecule has 1 amide bonds. The Morgan fingerprint density at radius 2 is 1.92 bits per heavy atom.